The van der Waals surface area contributed by atoms with Gasteiger partial charge in [-0.25, -0.2) is 4.57 Å². The first-order valence-electron chi connectivity index (χ1n) is 12.8. The standard InChI is InChI=1S/C33H31N2O/c1-19-21-10-7-8-11-22(21)24(18-33(2,3)4)31-27(19)32-28-20(16-17-34(32)5)14-15-23-29-25(35(31)30(23)28)12-9-13-26(29)36-6/h7-17H,18H2,1-6H3/q+1. The molecular weight excluding hydrogens is 440 g/mol. The van der Waals surface area contributed by atoms with E-state index in [0.717, 1.165) is 12.2 Å². The third kappa shape index (κ3) is 2.66. The summed E-state index contributed by atoms with van der Waals surface area (Å²) in [6, 6.07) is 22.2. The Balaban J connectivity index is 1.94. The predicted octanol–water partition coefficient (Wildman–Crippen LogP) is 7.87. The van der Waals surface area contributed by atoms with Gasteiger partial charge >= 0.3 is 0 Å². The number of rotatable bonds is 2. The van der Waals surface area contributed by atoms with E-state index in [-0.39, 0.29) is 5.41 Å². The lowest BCUT2D eigenvalue weighted by molar-refractivity contribution is -0.643. The van der Waals surface area contributed by atoms with Crippen molar-refractivity contribution in [2.24, 2.45) is 12.5 Å². The molecule has 0 atom stereocenters. The molecule has 3 nitrogen and oxygen atoms in total. The largest absolute Gasteiger partial charge is 0.496 e. The lowest BCUT2D eigenvalue weighted by Gasteiger charge is -2.24. The van der Waals surface area contributed by atoms with E-state index in [1.807, 2.05) is 0 Å². The van der Waals surface area contributed by atoms with Gasteiger partial charge in [0.1, 0.15) is 12.8 Å². The van der Waals surface area contributed by atoms with Gasteiger partial charge in [0.25, 0.3) is 0 Å². The third-order valence-corrected chi connectivity index (χ3v) is 7.96. The minimum atomic E-state index is 0.136. The van der Waals surface area contributed by atoms with E-state index < -0.39 is 0 Å². The molecule has 0 fully saturated rings. The van der Waals surface area contributed by atoms with E-state index in [1.54, 1.807) is 7.11 Å². The van der Waals surface area contributed by atoms with Crippen LogP contribution in [0, 0.1) is 12.3 Å². The molecule has 0 radical (unpaired) electrons. The zero-order chi connectivity index (χ0) is 24.9. The molecule has 3 aromatic heterocycles. The zero-order valence-electron chi connectivity index (χ0n) is 21.9. The van der Waals surface area contributed by atoms with Crippen LogP contribution in [0.3, 0.4) is 0 Å². The SMILES string of the molecule is COc1cccc2c1c1ccc3cc[n+](C)c4c5c(C)c6ccccc6c(CC(C)(C)C)c5n2c1c34. The molecule has 7 rings (SSSR count). The van der Waals surface area contributed by atoms with Crippen molar-refractivity contribution < 1.29 is 9.30 Å². The van der Waals surface area contributed by atoms with Crippen LogP contribution >= 0.6 is 0 Å². The number of fused-ring (bicyclic) bond motifs is 7. The van der Waals surface area contributed by atoms with Gasteiger partial charge in [0, 0.05) is 16.8 Å². The highest BCUT2D eigenvalue weighted by atomic mass is 16.5. The van der Waals surface area contributed by atoms with Crippen LogP contribution < -0.4 is 9.30 Å². The van der Waals surface area contributed by atoms with E-state index in [9.17, 15) is 0 Å². The molecule has 0 spiro atoms. The molecule has 3 heterocycles. The summed E-state index contributed by atoms with van der Waals surface area (Å²) in [5, 5.41) is 9.09. The van der Waals surface area contributed by atoms with E-state index in [1.165, 1.54) is 70.9 Å². The summed E-state index contributed by atoms with van der Waals surface area (Å²) in [4.78, 5) is 0. The van der Waals surface area contributed by atoms with Gasteiger partial charge in [0.05, 0.1) is 34.4 Å². The lowest BCUT2D eigenvalue weighted by atomic mass is 9.83. The van der Waals surface area contributed by atoms with Crippen LogP contribution in [0.4, 0.5) is 0 Å². The Morgan fingerprint density at radius 3 is 2.33 bits per heavy atom. The van der Waals surface area contributed by atoms with Gasteiger partial charge in [-0.05, 0) is 58.2 Å². The van der Waals surface area contributed by atoms with Crippen molar-refractivity contribution in [2.45, 2.75) is 34.1 Å². The first kappa shape index (κ1) is 21.4. The number of hydrogen-bond acceptors (Lipinski definition) is 1. The predicted molar refractivity (Wildman–Crippen MR) is 152 cm³/mol. The highest BCUT2D eigenvalue weighted by molar-refractivity contribution is 6.29. The Hall–Kier alpha value is -3.85. The molecule has 178 valence electrons. The Bertz CT molecular complexity index is 2000. The summed E-state index contributed by atoms with van der Waals surface area (Å²) in [5.41, 5.74) is 8.03. The van der Waals surface area contributed by atoms with Crippen molar-refractivity contribution >= 4 is 59.8 Å². The average molecular weight is 472 g/mol. The molecule has 0 N–H and O–H groups in total. The van der Waals surface area contributed by atoms with E-state index in [4.69, 9.17) is 4.74 Å². The van der Waals surface area contributed by atoms with Crippen molar-refractivity contribution in [3.8, 4) is 5.75 Å². The number of aromatic nitrogens is 2. The Labute approximate surface area is 210 Å². The fourth-order valence-electron chi connectivity index (χ4n) is 6.58. The van der Waals surface area contributed by atoms with E-state index in [0.29, 0.717) is 0 Å². The monoisotopic (exact) mass is 471 g/mol. The number of aryl methyl sites for hydroxylation is 2. The quantitative estimate of drug-likeness (QED) is 0.142. The molecule has 4 aromatic carbocycles. The highest BCUT2D eigenvalue weighted by Crippen LogP contribution is 2.46. The summed E-state index contributed by atoms with van der Waals surface area (Å²) in [7, 11) is 3.97. The minimum Gasteiger partial charge on any atom is -0.496 e. The van der Waals surface area contributed by atoms with Gasteiger partial charge in [-0.2, -0.15) is 0 Å². The lowest BCUT2D eigenvalue weighted by Crippen LogP contribution is -2.29. The number of ether oxygens (including phenoxy) is 1. The fraction of sp³-hybridized carbons (Fsp3) is 0.242. The summed E-state index contributed by atoms with van der Waals surface area (Å²) in [6.45, 7) is 9.34. The highest BCUT2D eigenvalue weighted by Gasteiger charge is 2.28. The van der Waals surface area contributed by atoms with Gasteiger partial charge < -0.3 is 9.14 Å². The molecule has 0 aliphatic carbocycles. The zero-order valence-corrected chi connectivity index (χ0v) is 21.9. The molecule has 0 saturated heterocycles. The van der Waals surface area contributed by atoms with Crippen molar-refractivity contribution in [3.05, 3.63) is 78.0 Å². The maximum absolute atomic E-state index is 5.92. The molecule has 0 amide bonds. The van der Waals surface area contributed by atoms with E-state index in [2.05, 4.69) is 111 Å². The van der Waals surface area contributed by atoms with Crippen molar-refractivity contribution in [1.29, 1.82) is 0 Å². The van der Waals surface area contributed by atoms with Crippen LogP contribution in [0.15, 0.2) is 66.9 Å². The summed E-state index contributed by atoms with van der Waals surface area (Å²) in [6.07, 6.45) is 3.20. The summed E-state index contributed by atoms with van der Waals surface area (Å²) >= 11 is 0. The van der Waals surface area contributed by atoms with Gasteiger partial charge in [-0.3, -0.25) is 0 Å². The molecule has 36 heavy (non-hydrogen) atoms. The maximum atomic E-state index is 5.92. The van der Waals surface area contributed by atoms with Gasteiger partial charge in [-0.15, -0.1) is 0 Å². The normalized spacial score (nSPS) is 12.8. The van der Waals surface area contributed by atoms with Crippen LogP contribution in [0.5, 0.6) is 5.75 Å². The summed E-state index contributed by atoms with van der Waals surface area (Å²) < 4.78 is 10.8. The minimum absolute atomic E-state index is 0.136. The molecule has 0 aliphatic rings. The van der Waals surface area contributed by atoms with Crippen LogP contribution in [-0.2, 0) is 13.5 Å². The van der Waals surface area contributed by atoms with Gasteiger partial charge in [-0.1, -0.05) is 63.2 Å². The second-order valence-electron chi connectivity index (χ2n) is 11.5. The average Bonchev–Trinajstić information content (AvgIpc) is 3.21. The second-order valence-corrected chi connectivity index (χ2v) is 11.5. The molecule has 7 aromatic rings. The topological polar surface area (TPSA) is 17.5 Å². The first-order valence-corrected chi connectivity index (χ1v) is 12.8. The number of benzene rings is 4. The van der Waals surface area contributed by atoms with E-state index >= 15 is 0 Å². The Kier molecular flexibility index (Phi) is 4.23. The van der Waals surface area contributed by atoms with Crippen LogP contribution in [-0.4, -0.2) is 11.5 Å². The van der Waals surface area contributed by atoms with Gasteiger partial charge in [0.15, 0.2) is 6.20 Å². The van der Waals surface area contributed by atoms with Crippen molar-refractivity contribution in [2.75, 3.05) is 7.11 Å². The van der Waals surface area contributed by atoms with Crippen LogP contribution in [0.1, 0.15) is 31.9 Å². The van der Waals surface area contributed by atoms with Gasteiger partial charge in [0.2, 0.25) is 5.52 Å². The van der Waals surface area contributed by atoms with Crippen molar-refractivity contribution in [1.82, 2.24) is 4.40 Å². The number of nitrogens with zero attached hydrogens (tertiary/aromatic N) is 2. The Morgan fingerprint density at radius 1 is 0.806 bits per heavy atom. The number of hydrogen-bond donors (Lipinski definition) is 0. The van der Waals surface area contributed by atoms with Crippen LogP contribution in [0.2, 0.25) is 0 Å². The molecular formula is C33H31N2O+. The summed E-state index contributed by atoms with van der Waals surface area (Å²) in [5.74, 6) is 0.927. The molecule has 0 unspecified atom stereocenters. The second kappa shape index (κ2) is 7.10. The maximum Gasteiger partial charge on any atom is 0.224 e. The third-order valence-electron chi connectivity index (χ3n) is 7.96. The smallest absolute Gasteiger partial charge is 0.224 e. The fourth-order valence-corrected chi connectivity index (χ4v) is 6.58. The number of pyridine rings is 2. The Morgan fingerprint density at radius 2 is 1.58 bits per heavy atom. The molecule has 0 saturated carbocycles. The molecule has 0 aliphatic heterocycles. The van der Waals surface area contributed by atoms with Crippen molar-refractivity contribution in [3.63, 3.8) is 0 Å². The molecule has 0 bridgehead atoms. The van der Waals surface area contributed by atoms with Crippen LogP contribution in [0.25, 0.3) is 59.8 Å². The molecule has 3 heteroatoms. The number of methoxy groups -OCH3 is 1. The first-order chi connectivity index (χ1) is 17.3.